The second kappa shape index (κ2) is 43.5. The van der Waals surface area contributed by atoms with Crippen LogP contribution < -0.4 is 36.7 Å². The predicted molar refractivity (Wildman–Crippen MR) is 426 cm³/mol. The van der Waals surface area contributed by atoms with E-state index in [4.69, 9.17) is 49.4 Å². The maximum atomic E-state index is 13.5. The minimum absolute atomic E-state index is 0.0832. The SMILES string of the molecule is CC(=O)c1ccc(F)cc1C(F)(F)F.CC(O)c1ccc(F)cc1C(F)(F)F.CC(OS(C)(=O)=O)c1ccc(F)cc1C(F)(F)F.CC(c1ccc(F)cc1C(F)(F)F)N1CCN(c2cn[nH]c(=O)c2Cl)CC1=O.CC(c1ccc(F)cc1C(F)(F)F)N1CCN(c2cnn(C3CCCCO3)c(=O)c2Cl)CC1=O.O=C1CN(c2cnn(C3CCCCO3)c(=O)c2Cl)CCN1. The highest BCUT2D eigenvalue weighted by atomic mass is 35.5. The van der Waals surface area contributed by atoms with Gasteiger partial charge in [0.1, 0.15) is 44.2 Å². The van der Waals surface area contributed by atoms with Gasteiger partial charge in [-0.1, -0.05) is 59.1 Å². The van der Waals surface area contributed by atoms with E-state index in [0.29, 0.717) is 68.7 Å². The molecule has 0 radical (unpaired) electrons. The Morgan fingerprint density at radius 3 is 1.20 bits per heavy atom. The van der Waals surface area contributed by atoms with Crippen LogP contribution in [0.15, 0.2) is 124 Å². The number of carbonyl (C=O) groups excluding carboxylic acids is 4. The summed E-state index contributed by atoms with van der Waals surface area (Å²) < 4.78 is 296. The van der Waals surface area contributed by atoms with Crippen molar-refractivity contribution in [3.63, 3.8) is 0 Å². The van der Waals surface area contributed by atoms with Crippen LogP contribution in [-0.2, 0) is 69.0 Å². The van der Waals surface area contributed by atoms with E-state index in [1.165, 1.54) is 57.2 Å². The summed E-state index contributed by atoms with van der Waals surface area (Å²) in [6, 6.07) is 9.12. The van der Waals surface area contributed by atoms with E-state index in [0.717, 1.165) is 113 Å². The molecule has 6 unspecified atom stereocenters. The zero-order chi connectivity index (χ0) is 96.1. The normalized spacial score (nSPS) is 17.5. The fraction of sp³-hybridized carbons (Fsp3) is 0.425. The predicted octanol–water partition coefficient (Wildman–Crippen LogP) is 16.5. The lowest BCUT2D eigenvalue weighted by Crippen LogP contribution is -2.51. The largest absolute Gasteiger partial charge is 0.417 e. The molecule has 6 atom stereocenters. The Labute approximate surface area is 735 Å². The average Bonchev–Trinajstić information content (AvgIpc) is 0.783. The number of carbonyl (C=O) groups is 4. The molecule has 3 N–H and O–H groups in total. The number of hydrogen-bond acceptors (Lipinski definition) is 19. The second-order valence-electron chi connectivity index (χ2n) is 29.1. The van der Waals surface area contributed by atoms with Gasteiger partial charge in [-0.05, 0) is 162 Å². The summed E-state index contributed by atoms with van der Waals surface area (Å²) in [7, 11) is -3.90. The van der Waals surface area contributed by atoms with E-state index in [1.54, 1.807) is 16.0 Å². The Morgan fingerprint density at radius 1 is 0.488 bits per heavy atom. The number of hydrogen-bond donors (Lipinski definition) is 3. The van der Waals surface area contributed by atoms with Crippen LogP contribution in [0.1, 0.15) is 170 Å². The number of aromatic amines is 1. The van der Waals surface area contributed by atoms with Crippen molar-refractivity contribution >= 4 is 85.5 Å². The minimum Gasteiger partial charge on any atom is -0.389 e. The van der Waals surface area contributed by atoms with E-state index in [1.807, 2.05) is 0 Å². The lowest BCUT2D eigenvalue weighted by atomic mass is 9.98. The quantitative estimate of drug-likeness (QED) is 0.0518. The van der Waals surface area contributed by atoms with Crippen LogP contribution in [0.4, 0.5) is 105 Å². The van der Waals surface area contributed by atoms with Gasteiger partial charge in [-0.2, -0.15) is 98.9 Å². The lowest BCUT2D eigenvalue weighted by molar-refractivity contribution is -0.141. The van der Waals surface area contributed by atoms with Crippen molar-refractivity contribution in [1.29, 1.82) is 0 Å². The number of amides is 3. The molecule has 3 amide bonds. The van der Waals surface area contributed by atoms with Crippen molar-refractivity contribution in [3.05, 3.63) is 240 Å². The number of H-pyrrole nitrogens is 1. The van der Waals surface area contributed by atoms with Crippen molar-refractivity contribution in [2.45, 2.75) is 141 Å². The summed E-state index contributed by atoms with van der Waals surface area (Å²) in [4.78, 5) is 91.9. The van der Waals surface area contributed by atoms with Crippen molar-refractivity contribution in [3.8, 4) is 0 Å². The summed E-state index contributed by atoms with van der Waals surface area (Å²) >= 11 is 18.5. The second-order valence-corrected chi connectivity index (χ2v) is 31.9. The molecule has 3 aromatic heterocycles. The Balaban J connectivity index is 0.000000197. The molecule has 49 heteroatoms. The van der Waals surface area contributed by atoms with E-state index in [9.17, 15) is 130 Å². The topological polar surface area (TPSA) is 294 Å². The van der Waals surface area contributed by atoms with Gasteiger partial charge in [-0.25, -0.2) is 27.1 Å². The van der Waals surface area contributed by atoms with Gasteiger partial charge >= 0.3 is 30.9 Å². The molecule has 0 aliphatic carbocycles. The molecule has 0 saturated carbocycles. The minimum atomic E-state index is -4.79. The number of ketones is 1. The van der Waals surface area contributed by atoms with Crippen LogP contribution in [0.25, 0.3) is 0 Å². The third kappa shape index (κ3) is 27.8. The molecular formula is C80H79Cl3F20N12O13S. The van der Waals surface area contributed by atoms with E-state index in [-0.39, 0.29) is 107 Å². The molecule has 8 heterocycles. The first-order valence-corrected chi connectivity index (χ1v) is 41.5. The van der Waals surface area contributed by atoms with E-state index in [2.05, 4.69) is 29.9 Å². The molecule has 704 valence electrons. The summed E-state index contributed by atoms with van der Waals surface area (Å²) in [6.45, 7) is 9.01. The van der Waals surface area contributed by atoms with Gasteiger partial charge in [0.15, 0.2) is 18.2 Å². The highest BCUT2D eigenvalue weighted by Gasteiger charge is 2.43. The number of piperazine rings is 3. The van der Waals surface area contributed by atoms with E-state index >= 15 is 0 Å². The van der Waals surface area contributed by atoms with Gasteiger partial charge in [0, 0.05) is 58.0 Å². The first kappa shape index (κ1) is 104. The Morgan fingerprint density at radius 2 is 0.845 bits per heavy atom. The Kier molecular flexibility index (Phi) is 35.0. The number of halogens is 23. The number of anilines is 3. The number of aromatic nitrogens is 6. The Hall–Kier alpha value is -10.5. The zero-order valence-electron chi connectivity index (χ0n) is 68.3. The monoisotopic (exact) mass is 1930 g/mol. The maximum Gasteiger partial charge on any atom is 0.417 e. The zero-order valence-corrected chi connectivity index (χ0v) is 71.4. The molecule has 8 aromatic rings. The highest BCUT2D eigenvalue weighted by molar-refractivity contribution is 7.86. The van der Waals surface area contributed by atoms with Gasteiger partial charge in [0.2, 0.25) is 17.7 Å². The van der Waals surface area contributed by atoms with Crippen LogP contribution in [-0.4, -0.2) is 155 Å². The van der Waals surface area contributed by atoms with Gasteiger partial charge in [-0.15, -0.1) is 0 Å². The van der Waals surface area contributed by atoms with Crippen molar-refractivity contribution in [1.82, 2.24) is 44.9 Å². The molecule has 0 bridgehead atoms. The first-order valence-electron chi connectivity index (χ1n) is 38.5. The number of aliphatic hydroxyl groups excluding tert-OH is 1. The molecule has 5 aliphatic rings. The number of alkyl halides is 15. The van der Waals surface area contributed by atoms with Crippen LogP contribution in [0.3, 0.4) is 0 Å². The molecular weight excluding hydrogens is 1860 g/mol. The molecule has 5 saturated heterocycles. The highest BCUT2D eigenvalue weighted by Crippen LogP contribution is 2.43. The summed E-state index contributed by atoms with van der Waals surface area (Å²) in [6.07, 6.45) is -16.9. The van der Waals surface area contributed by atoms with Crippen molar-refractivity contribution in [2.75, 3.05) is 93.1 Å². The van der Waals surface area contributed by atoms with Gasteiger partial charge in [0.05, 0.1) is 114 Å². The third-order valence-corrected chi connectivity index (χ3v) is 21.8. The van der Waals surface area contributed by atoms with E-state index < -0.39 is 168 Å². The third-order valence-electron chi connectivity index (χ3n) is 20.1. The van der Waals surface area contributed by atoms with Crippen LogP contribution in [0, 0.1) is 29.1 Å². The molecule has 5 aliphatic heterocycles. The summed E-state index contributed by atoms with van der Waals surface area (Å²) in [5.74, 6) is -6.78. The molecule has 13 rings (SSSR count). The number of Topliss-reactive ketones (excluding diaryl/α,β-unsaturated/α-hetero) is 1. The number of rotatable bonds is 14. The number of nitrogens with one attached hydrogen (secondary N) is 2. The summed E-state index contributed by atoms with van der Waals surface area (Å²) in [5.41, 5.74) is -7.95. The van der Waals surface area contributed by atoms with Crippen LogP contribution >= 0.6 is 34.8 Å². The fourth-order valence-electron chi connectivity index (χ4n) is 13.8. The number of aliphatic hydroxyl groups is 1. The average molecular weight is 1930 g/mol. The maximum absolute atomic E-state index is 13.5. The molecule has 5 aromatic carbocycles. The number of nitrogens with zero attached hydrogens (tertiary/aromatic N) is 10. The van der Waals surface area contributed by atoms with Gasteiger partial charge < -0.3 is 44.4 Å². The van der Waals surface area contributed by atoms with Gasteiger partial charge in [0.25, 0.3) is 26.8 Å². The standard InChI is InChI=1S/C22H23ClF4N4O3.C17H15ClF4N4O2.C13H17ClN4O3.C10H10F4O3S.C9H8F4O.C9H6F4O/c1-13(15-6-5-14(24)10-16(15)22(25,26)27)30-8-7-29(12-18(30)32)17-11-28-31(21(33)20(17)23)19-4-2-3-9-34-19;1-9(11-3-2-10(19)6-12(11)17(20,21)22)26-5-4-25(8-14(26)27)13-7-23-24-16(28)15(13)18;14-12-9(17-5-4-15-10(19)8-17)7-16-18(13(12)20)11-3-1-2-6-21-11;1-6(17-18(2,15)16)8-4-3-7(11)5-9(8)10(12,13)14;2*1-5(14)7-3-2-6(10)4-8(7)9(11,12)13/h5-6,10-11,13,19H,2-4,7-9,12H2,1H3;2-3,6-7,9H,4-5,8H2,1H3,(H,24,28);7,11H,1-6,8H2,(H,15,19);3-6H,1-2H3;2-5,14H,1H3;2-4H,1H3. The summed E-state index contributed by atoms with van der Waals surface area (Å²) in [5, 5.41) is 25.8. The van der Waals surface area contributed by atoms with Gasteiger partial charge in [-0.3, -0.25) is 37.7 Å². The number of ether oxygens (including phenoxy) is 2. The van der Waals surface area contributed by atoms with Crippen molar-refractivity contribution in [2.24, 2.45) is 0 Å². The molecule has 0 spiro atoms. The first-order chi connectivity index (χ1) is 60.0. The Bertz CT molecular complexity index is 5640. The van der Waals surface area contributed by atoms with Crippen LogP contribution in [0.5, 0.6) is 0 Å². The van der Waals surface area contributed by atoms with Crippen LogP contribution in [0.2, 0.25) is 15.1 Å². The molecule has 5 fully saturated rings. The lowest BCUT2D eigenvalue weighted by Gasteiger charge is -2.39. The number of benzene rings is 5. The smallest absolute Gasteiger partial charge is 0.389 e. The fourth-order valence-corrected chi connectivity index (χ4v) is 15.2. The van der Waals surface area contributed by atoms with Crippen molar-refractivity contribution < 1.29 is 134 Å². The molecule has 129 heavy (non-hydrogen) atoms. The molecule has 25 nitrogen and oxygen atoms in total.